The van der Waals surface area contributed by atoms with E-state index < -0.39 is 0 Å². The summed E-state index contributed by atoms with van der Waals surface area (Å²) < 4.78 is 1.08. The van der Waals surface area contributed by atoms with Crippen LogP contribution in [-0.2, 0) is 6.54 Å². The van der Waals surface area contributed by atoms with Crippen molar-refractivity contribution < 1.29 is 4.79 Å². The molecule has 0 bridgehead atoms. The number of aromatic amines is 1. The second kappa shape index (κ2) is 5.94. The quantitative estimate of drug-likeness (QED) is 0.651. The highest BCUT2D eigenvalue weighted by Gasteiger charge is 2.08. The van der Waals surface area contributed by atoms with Gasteiger partial charge in [-0.25, -0.2) is 4.98 Å². The van der Waals surface area contributed by atoms with Crippen molar-refractivity contribution in [2.75, 3.05) is 0 Å². The summed E-state index contributed by atoms with van der Waals surface area (Å²) in [5.41, 5.74) is 0.457. The summed E-state index contributed by atoms with van der Waals surface area (Å²) in [6.07, 6.45) is 1.38. The first-order valence-electron chi connectivity index (χ1n) is 6.13. The number of rotatable bonds is 3. The van der Waals surface area contributed by atoms with Crippen LogP contribution in [0.25, 0.3) is 10.2 Å². The summed E-state index contributed by atoms with van der Waals surface area (Å²) in [5, 5.41) is 3.40. The van der Waals surface area contributed by atoms with E-state index in [-0.39, 0.29) is 11.5 Å². The average molecular weight is 411 g/mol. The third-order valence-electron chi connectivity index (χ3n) is 2.92. The van der Waals surface area contributed by atoms with Gasteiger partial charge in [-0.2, -0.15) is 0 Å². The van der Waals surface area contributed by atoms with Gasteiger partial charge in [0.2, 0.25) is 0 Å². The lowest BCUT2D eigenvalue weighted by atomic mass is 10.2. The molecule has 1 aromatic carbocycles. The standard InChI is InChI=1S/C14H10IN3O2S/c15-9-3-1-8(2-4-9)12(19)16-6-10-5-11-13(20)17-7-18-14(11)21-10/h1-5,7H,6H2,(H,16,19)(H,17,18,20). The molecule has 2 aromatic heterocycles. The average Bonchev–Trinajstić information content (AvgIpc) is 2.90. The number of carbonyl (C=O) groups is 1. The monoisotopic (exact) mass is 411 g/mol. The lowest BCUT2D eigenvalue weighted by Crippen LogP contribution is -2.22. The Bertz CT molecular complexity index is 855. The number of amides is 1. The van der Waals surface area contributed by atoms with Gasteiger partial charge in [0.25, 0.3) is 11.5 Å². The van der Waals surface area contributed by atoms with Crippen LogP contribution in [0.2, 0.25) is 0 Å². The van der Waals surface area contributed by atoms with Gasteiger partial charge in [-0.3, -0.25) is 9.59 Å². The highest BCUT2D eigenvalue weighted by molar-refractivity contribution is 14.1. The summed E-state index contributed by atoms with van der Waals surface area (Å²) in [7, 11) is 0. The van der Waals surface area contributed by atoms with Gasteiger partial charge in [0.15, 0.2) is 0 Å². The molecule has 0 spiro atoms. The molecule has 0 fully saturated rings. The first kappa shape index (κ1) is 14.2. The van der Waals surface area contributed by atoms with E-state index in [1.807, 2.05) is 12.1 Å². The molecule has 0 saturated carbocycles. The third kappa shape index (κ3) is 3.13. The van der Waals surface area contributed by atoms with Gasteiger partial charge in [0.1, 0.15) is 4.83 Å². The van der Waals surface area contributed by atoms with E-state index in [1.165, 1.54) is 17.7 Å². The van der Waals surface area contributed by atoms with Crippen molar-refractivity contribution in [1.29, 1.82) is 0 Å². The molecule has 0 atom stereocenters. The second-order valence-corrected chi connectivity index (χ2v) is 6.71. The van der Waals surface area contributed by atoms with E-state index in [1.54, 1.807) is 18.2 Å². The van der Waals surface area contributed by atoms with Crippen molar-refractivity contribution in [3.05, 3.63) is 61.0 Å². The highest BCUT2D eigenvalue weighted by atomic mass is 127. The van der Waals surface area contributed by atoms with Crippen molar-refractivity contribution in [3.8, 4) is 0 Å². The molecule has 3 rings (SSSR count). The fourth-order valence-corrected chi connectivity index (χ4v) is 3.17. The number of thiophene rings is 1. The Morgan fingerprint density at radius 1 is 1.33 bits per heavy atom. The molecule has 3 aromatic rings. The van der Waals surface area contributed by atoms with Crippen LogP contribution in [0, 0.1) is 3.57 Å². The third-order valence-corrected chi connectivity index (χ3v) is 4.68. The van der Waals surface area contributed by atoms with Crippen LogP contribution in [0.3, 0.4) is 0 Å². The molecule has 0 unspecified atom stereocenters. The van der Waals surface area contributed by atoms with Gasteiger partial charge >= 0.3 is 0 Å². The van der Waals surface area contributed by atoms with Gasteiger partial charge in [-0.1, -0.05) is 0 Å². The number of hydrogen-bond donors (Lipinski definition) is 2. The van der Waals surface area contributed by atoms with Crippen LogP contribution in [0.5, 0.6) is 0 Å². The van der Waals surface area contributed by atoms with Gasteiger partial charge < -0.3 is 10.3 Å². The minimum absolute atomic E-state index is 0.134. The predicted molar refractivity (Wildman–Crippen MR) is 90.6 cm³/mol. The van der Waals surface area contributed by atoms with Crippen LogP contribution in [0.15, 0.2) is 41.5 Å². The van der Waals surface area contributed by atoms with Gasteiger partial charge in [0.05, 0.1) is 18.3 Å². The fourth-order valence-electron chi connectivity index (χ4n) is 1.88. The molecule has 21 heavy (non-hydrogen) atoms. The number of fused-ring (bicyclic) bond motifs is 1. The summed E-state index contributed by atoms with van der Waals surface area (Å²) >= 11 is 3.60. The van der Waals surface area contributed by atoms with Gasteiger partial charge in [-0.05, 0) is 52.9 Å². The Kier molecular flexibility index (Phi) is 4.02. The molecule has 0 aliphatic heterocycles. The molecule has 106 valence electrons. The maximum atomic E-state index is 12.0. The lowest BCUT2D eigenvalue weighted by molar-refractivity contribution is 0.0951. The summed E-state index contributed by atoms with van der Waals surface area (Å²) in [4.78, 5) is 31.8. The van der Waals surface area contributed by atoms with E-state index >= 15 is 0 Å². The lowest BCUT2D eigenvalue weighted by Gasteiger charge is -2.03. The smallest absolute Gasteiger partial charge is 0.259 e. The molecule has 2 N–H and O–H groups in total. The summed E-state index contributed by atoms with van der Waals surface area (Å²) in [5.74, 6) is -0.134. The van der Waals surface area contributed by atoms with Gasteiger partial charge in [0, 0.05) is 14.0 Å². The Hall–Kier alpha value is -1.74. The second-order valence-electron chi connectivity index (χ2n) is 4.35. The number of aromatic nitrogens is 2. The first-order valence-corrected chi connectivity index (χ1v) is 8.03. The van der Waals surface area contributed by atoms with Crippen molar-refractivity contribution in [3.63, 3.8) is 0 Å². The molecule has 2 heterocycles. The minimum atomic E-state index is -0.161. The fraction of sp³-hybridized carbons (Fsp3) is 0.0714. The number of carbonyl (C=O) groups excluding carboxylic acids is 1. The van der Waals surface area contributed by atoms with Crippen LogP contribution in [0.1, 0.15) is 15.2 Å². The van der Waals surface area contributed by atoms with Crippen LogP contribution in [-0.4, -0.2) is 15.9 Å². The molecule has 1 amide bonds. The van der Waals surface area contributed by atoms with Crippen molar-refractivity contribution >= 4 is 50.1 Å². The summed E-state index contributed by atoms with van der Waals surface area (Å²) in [6, 6.07) is 9.11. The highest BCUT2D eigenvalue weighted by Crippen LogP contribution is 2.20. The minimum Gasteiger partial charge on any atom is -0.347 e. The Labute approximate surface area is 137 Å². The maximum Gasteiger partial charge on any atom is 0.259 e. The molecule has 0 aliphatic rings. The summed E-state index contributed by atoms with van der Waals surface area (Å²) in [6.45, 7) is 0.380. The van der Waals surface area contributed by atoms with Crippen LogP contribution >= 0.6 is 33.9 Å². The molecule has 0 radical (unpaired) electrons. The van der Waals surface area contributed by atoms with Gasteiger partial charge in [-0.15, -0.1) is 11.3 Å². The van der Waals surface area contributed by atoms with Crippen molar-refractivity contribution in [2.45, 2.75) is 6.54 Å². The molecular weight excluding hydrogens is 401 g/mol. The zero-order chi connectivity index (χ0) is 14.8. The molecule has 7 heteroatoms. The number of halogens is 1. The molecule has 5 nitrogen and oxygen atoms in total. The SMILES string of the molecule is O=C(NCc1cc2c(=O)[nH]cnc2s1)c1ccc(I)cc1. The van der Waals surface area contributed by atoms with Crippen LogP contribution in [0.4, 0.5) is 0 Å². The largest absolute Gasteiger partial charge is 0.347 e. The zero-order valence-corrected chi connectivity index (χ0v) is 13.7. The number of H-pyrrole nitrogens is 1. The Morgan fingerprint density at radius 3 is 2.81 bits per heavy atom. The van der Waals surface area contributed by atoms with E-state index in [4.69, 9.17) is 0 Å². The Morgan fingerprint density at radius 2 is 2.10 bits per heavy atom. The number of nitrogens with zero attached hydrogens (tertiary/aromatic N) is 1. The molecular formula is C14H10IN3O2S. The van der Waals surface area contributed by atoms with Crippen LogP contribution < -0.4 is 10.9 Å². The first-order chi connectivity index (χ1) is 10.1. The predicted octanol–water partition coefficient (Wildman–Crippen LogP) is 2.52. The number of hydrogen-bond acceptors (Lipinski definition) is 4. The zero-order valence-electron chi connectivity index (χ0n) is 10.7. The van der Waals surface area contributed by atoms with E-state index in [0.717, 1.165) is 8.45 Å². The van der Waals surface area contributed by atoms with Crippen molar-refractivity contribution in [1.82, 2.24) is 15.3 Å². The maximum absolute atomic E-state index is 12.0. The van der Waals surface area contributed by atoms with E-state index in [0.29, 0.717) is 22.3 Å². The normalized spacial score (nSPS) is 10.7. The van der Waals surface area contributed by atoms with Crippen molar-refractivity contribution in [2.24, 2.45) is 0 Å². The Balaban J connectivity index is 1.74. The molecule has 0 saturated heterocycles. The number of benzene rings is 1. The van der Waals surface area contributed by atoms with E-state index in [2.05, 4.69) is 37.9 Å². The van der Waals surface area contributed by atoms with E-state index in [9.17, 15) is 9.59 Å². The molecule has 0 aliphatic carbocycles. The number of nitrogens with one attached hydrogen (secondary N) is 2. The topological polar surface area (TPSA) is 74.8 Å².